The molecule has 1 aliphatic rings. The van der Waals surface area contributed by atoms with Gasteiger partial charge >= 0.3 is 11.9 Å². The van der Waals surface area contributed by atoms with Crippen molar-refractivity contribution in [3.8, 4) is 0 Å². The lowest BCUT2D eigenvalue weighted by molar-refractivity contribution is -0.137. The Labute approximate surface area is 96.1 Å². The molecule has 0 fully saturated rings. The van der Waals surface area contributed by atoms with E-state index in [1.807, 2.05) is 10.8 Å². The predicted molar refractivity (Wildman–Crippen MR) is 60.8 cm³/mol. The minimum absolute atomic E-state index is 0.0846. The number of carboxylic acid groups (broad SMARTS) is 2. The number of aliphatic carboxylic acids is 2. The van der Waals surface area contributed by atoms with Gasteiger partial charge in [-0.1, -0.05) is 0 Å². The number of hydrogen-bond donors (Lipinski definition) is 2. The van der Waals surface area contributed by atoms with Gasteiger partial charge in [0.25, 0.3) is 0 Å². The van der Waals surface area contributed by atoms with Crippen LogP contribution in [-0.2, 0) is 9.59 Å². The minimum atomic E-state index is -0.835. The third-order valence-corrected chi connectivity index (χ3v) is 5.03. The van der Waals surface area contributed by atoms with E-state index in [0.717, 1.165) is 0 Å². The molecule has 0 aliphatic carbocycles. The second-order valence-electron chi connectivity index (χ2n) is 3.21. The van der Waals surface area contributed by atoms with Crippen LogP contribution in [0.4, 0.5) is 0 Å². The summed E-state index contributed by atoms with van der Waals surface area (Å²) in [5.74, 6) is -1.67. The highest BCUT2D eigenvalue weighted by Gasteiger charge is 2.33. The first kappa shape index (κ1) is 12.4. The second kappa shape index (κ2) is 5.46. The van der Waals surface area contributed by atoms with Crippen molar-refractivity contribution in [2.75, 3.05) is 0 Å². The SMILES string of the molecule is O=C(O)CCC1(CCC(=O)O)SC=CS1. The van der Waals surface area contributed by atoms with Gasteiger partial charge < -0.3 is 10.2 Å². The highest BCUT2D eigenvalue weighted by molar-refractivity contribution is 8.23. The van der Waals surface area contributed by atoms with E-state index in [1.54, 1.807) is 0 Å². The number of carboxylic acids is 2. The molecule has 0 radical (unpaired) electrons. The predicted octanol–water partition coefficient (Wildman–Crippen LogP) is 2.36. The number of hydrogen-bond acceptors (Lipinski definition) is 4. The average molecular weight is 248 g/mol. The van der Waals surface area contributed by atoms with E-state index in [9.17, 15) is 9.59 Å². The molecule has 0 saturated carbocycles. The van der Waals surface area contributed by atoms with Crippen molar-refractivity contribution >= 4 is 35.5 Å². The molecule has 0 aromatic rings. The molecule has 0 spiro atoms. The van der Waals surface area contributed by atoms with Crippen LogP contribution < -0.4 is 0 Å². The van der Waals surface area contributed by atoms with E-state index >= 15 is 0 Å². The Balaban J connectivity index is 2.47. The van der Waals surface area contributed by atoms with E-state index in [4.69, 9.17) is 10.2 Å². The molecule has 15 heavy (non-hydrogen) atoms. The normalized spacial score (nSPS) is 17.9. The van der Waals surface area contributed by atoms with Crippen LogP contribution in [0.3, 0.4) is 0 Å². The molecule has 0 atom stereocenters. The van der Waals surface area contributed by atoms with Crippen LogP contribution in [0.1, 0.15) is 25.7 Å². The summed E-state index contributed by atoms with van der Waals surface area (Å²) in [5.41, 5.74) is 0. The standard InChI is InChI=1S/C9H12O4S2/c10-7(11)1-3-9(4-2-8(12)13)14-5-6-15-9/h5-6H,1-4H2,(H,10,11)(H,12,13). The maximum Gasteiger partial charge on any atom is 0.303 e. The number of carbonyl (C=O) groups is 2. The zero-order chi connectivity index (χ0) is 11.3. The first-order valence-corrected chi connectivity index (χ1v) is 6.24. The first-order valence-electron chi connectivity index (χ1n) is 4.48. The summed E-state index contributed by atoms with van der Waals surface area (Å²) in [6.45, 7) is 0. The van der Waals surface area contributed by atoms with Crippen LogP contribution in [0.25, 0.3) is 0 Å². The van der Waals surface area contributed by atoms with Crippen molar-refractivity contribution in [2.45, 2.75) is 29.8 Å². The summed E-state index contributed by atoms with van der Waals surface area (Å²) in [6, 6.07) is 0. The van der Waals surface area contributed by atoms with Crippen molar-refractivity contribution in [1.29, 1.82) is 0 Å². The molecule has 0 unspecified atom stereocenters. The van der Waals surface area contributed by atoms with Crippen molar-refractivity contribution in [2.24, 2.45) is 0 Å². The lowest BCUT2D eigenvalue weighted by Crippen LogP contribution is -2.20. The van der Waals surface area contributed by atoms with Gasteiger partial charge in [-0.05, 0) is 23.7 Å². The summed E-state index contributed by atoms with van der Waals surface area (Å²) in [6.07, 6.45) is 1.17. The van der Waals surface area contributed by atoms with E-state index in [0.29, 0.717) is 12.8 Å². The van der Waals surface area contributed by atoms with Crippen LogP contribution in [0.5, 0.6) is 0 Å². The molecule has 0 bridgehead atoms. The Hall–Kier alpha value is -0.620. The van der Waals surface area contributed by atoms with Gasteiger partial charge in [0.05, 0.1) is 4.08 Å². The van der Waals surface area contributed by atoms with Gasteiger partial charge in [-0.15, -0.1) is 23.5 Å². The molecule has 0 saturated heterocycles. The van der Waals surface area contributed by atoms with Gasteiger partial charge in [0.15, 0.2) is 0 Å². The quantitative estimate of drug-likeness (QED) is 0.751. The van der Waals surface area contributed by atoms with Crippen molar-refractivity contribution in [3.63, 3.8) is 0 Å². The molecule has 4 nitrogen and oxygen atoms in total. The fourth-order valence-electron chi connectivity index (χ4n) is 1.29. The van der Waals surface area contributed by atoms with Crippen LogP contribution in [0.2, 0.25) is 0 Å². The Kier molecular flexibility index (Phi) is 4.53. The third-order valence-electron chi connectivity index (χ3n) is 2.06. The zero-order valence-electron chi connectivity index (χ0n) is 8.01. The Morgan fingerprint density at radius 1 is 1.00 bits per heavy atom. The summed E-state index contributed by atoms with van der Waals surface area (Å²) in [5, 5.41) is 21.0. The molecule has 84 valence electrons. The van der Waals surface area contributed by atoms with Crippen LogP contribution >= 0.6 is 23.5 Å². The average Bonchev–Trinajstić information content (AvgIpc) is 2.61. The van der Waals surface area contributed by atoms with Crippen molar-refractivity contribution in [1.82, 2.24) is 0 Å². The molecular formula is C9H12O4S2. The maximum absolute atomic E-state index is 10.5. The third kappa shape index (κ3) is 4.17. The summed E-state index contributed by atoms with van der Waals surface area (Å²) in [4.78, 5) is 21.0. The Morgan fingerprint density at radius 2 is 1.40 bits per heavy atom. The van der Waals surface area contributed by atoms with Gasteiger partial charge in [0.1, 0.15) is 0 Å². The fourth-order valence-corrected chi connectivity index (χ4v) is 3.66. The molecule has 0 amide bonds. The van der Waals surface area contributed by atoms with Gasteiger partial charge in [0, 0.05) is 12.8 Å². The van der Waals surface area contributed by atoms with Crippen molar-refractivity contribution < 1.29 is 19.8 Å². The molecule has 0 aromatic heterocycles. The van der Waals surface area contributed by atoms with E-state index in [1.165, 1.54) is 23.5 Å². The Morgan fingerprint density at radius 3 is 1.73 bits per heavy atom. The maximum atomic E-state index is 10.5. The van der Waals surface area contributed by atoms with E-state index in [-0.39, 0.29) is 16.9 Å². The fraction of sp³-hybridized carbons (Fsp3) is 0.556. The summed E-state index contributed by atoms with van der Waals surface area (Å²) in [7, 11) is 0. The summed E-state index contributed by atoms with van der Waals surface area (Å²) < 4.78 is -0.281. The Bertz CT molecular complexity index is 260. The molecule has 2 N–H and O–H groups in total. The molecule has 1 heterocycles. The zero-order valence-corrected chi connectivity index (χ0v) is 9.64. The highest BCUT2D eigenvalue weighted by atomic mass is 32.2. The topological polar surface area (TPSA) is 74.6 Å². The van der Waals surface area contributed by atoms with Gasteiger partial charge in [-0.3, -0.25) is 9.59 Å². The number of rotatable bonds is 6. The number of thioether (sulfide) groups is 2. The molecule has 0 aromatic carbocycles. The molecule has 1 aliphatic heterocycles. The molecular weight excluding hydrogens is 236 g/mol. The largest absolute Gasteiger partial charge is 0.481 e. The van der Waals surface area contributed by atoms with Gasteiger partial charge in [-0.2, -0.15) is 0 Å². The molecule has 1 rings (SSSR count). The van der Waals surface area contributed by atoms with Crippen molar-refractivity contribution in [3.05, 3.63) is 10.8 Å². The van der Waals surface area contributed by atoms with E-state index < -0.39 is 11.9 Å². The smallest absolute Gasteiger partial charge is 0.303 e. The van der Waals surface area contributed by atoms with Gasteiger partial charge in [-0.25, -0.2) is 0 Å². The van der Waals surface area contributed by atoms with Crippen LogP contribution in [-0.4, -0.2) is 26.2 Å². The monoisotopic (exact) mass is 248 g/mol. The molecule has 6 heteroatoms. The first-order chi connectivity index (χ1) is 7.04. The minimum Gasteiger partial charge on any atom is -0.481 e. The highest BCUT2D eigenvalue weighted by Crippen LogP contribution is 2.51. The van der Waals surface area contributed by atoms with Gasteiger partial charge in [0.2, 0.25) is 0 Å². The van der Waals surface area contributed by atoms with E-state index in [2.05, 4.69) is 0 Å². The lowest BCUT2D eigenvalue weighted by atomic mass is 10.1. The summed E-state index contributed by atoms with van der Waals surface area (Å²) >= 11 is 3.06. The van der Waals surface area contributed by atoms with Crippen LogP contribution in [0.15, 0.2) is 10.8 Å². The lowest BCUT2D eigenvalue weighted by Gasteiger charge is -2.25. The van der Waals surface area contributed by atoms with Crippen LogP contribution in [0, 0.1) is 0 Å². The second-order valence-corrected chi connectivity index (χ2v) is 6.04.